The zero-order chi connectivity index (χ0) is 16.9. The Hall–Kier alpha value is -3.00. The van der Waals surface area contributed by atoms with Gasteiger partial charge in [-0.15, -0.1) is 0 Å². The average molecular weight is 341 g/mol. The van der Waals surface area contributed by atoms with E-state index in [1.54, 1.807) is 23.9 Å². The molecule has 1 aromatic carbocycles. The van der Waals surface area contributed by atoms with Gasteiger partial charge < -0.3 is 9.30 Å². The van der Waals surface area contributed by atoms with E-state index in [2.05, 4.69) is 20.5 Å². The van der Waals surface area contributed by atoms with Crippen molar-refractivity contribution in [1.29, 1.82) is 0 Å². The molecule has 0 atom stereocenters. The number of hydrogen-bond acceptors (Lipinski definition) is 5. The Morgan fingerprint density at radius 3 is 2.83 bits per heavy atom. The van der Waals surface area contributed by atoms with Crippen LogP contribution in [0.4, 0.5) is 10.5 Å². The van der Waals surface area contributed by atoms with Gasteiger partial charge in [0.2, 0.25) is 0 Å². The highest BCUT2D eigenvalue weighted by Crippen LogP contribution is 2.19. The monoisotopic (exact) mass is 341 g/mol. The van der Waals surface area contributed by atoms with Gasteiger partial charge >= 0.3 is 6.09 Å². The summed E-state index contributed by atoms with van der Waals surface area (Å²) in [5.74, 6) is 0.633. The Bertz CT molecular complexity index is 904. The number of carbonyl (C=O) groups excluding carboxylic acids is 1. The fraction of sp³-hybridized carbons (Fsp3) is 0.125. The maximum absolute atomic E-state index is 11.9. The van der Waals surface area contributed by atoms with E-state index in [1.165, 1.54) is 6.20 Å². The minimum Gasteiger partial charge on any atom is -0.444 e. The molecule has 0 aliphatic rings. The molecule has 2 heterocycles. The van der Waals surface area contributed by atoms with Crippen molar-refractivity contribution < 1.29 is 9.53 Å². The van der Waals surface area contributed by atoms with Gasteiger partial charge in [0, 0.05) is 18.8 Å². The molecule has 122 valence electrons. The first-order valence-electron chi connectivity index (χ1n) is 7.18. The van der Waals surface area contributed by atoms with Crippen LogP contribution in [0.25, 0.3) is 11.4 Å². The van der Waals surface area contributed by atoms with Crippen molar-refractivity contribution in [3.05, 3.63) is 59.1 Å². The minimum absolute atomic E-state index is 0.202. The molecule has 3 aromatic rings. The standard InChI is InChI=1S/C16H15N5O2S/c1-21-14(19-20-15(21)24)12-7-13(9-17-8-12)18-16(22)23-10-11-5-3-2-4-6-11/h2-9H,10H2,1H3,(H,18,22)(H,20,24). The quantitative estimate of drug-likeness (QED) is 0.711. The molecule has 1 amide bonds. The molecule has 0 aliphatic carbocycles. The average Bonchev–Trinajstić information content (AvgIpc) is 2.93. The molecule has 0 fully saturated rings. The molecule has 7 nitrogen and oxygen atoms in total. The maximum Gasteiger partial charge on any atom is 0.412 e. The van der Waals surface area contributed by atoms with E-state index >= 15 is 0 Å². The Balaban J connectivity index is 1.67. The van der Waals surface area contributed by atoms with Crippen LogP contribution in [0.3, 0.4) is 0 Å². The summed E-state index contributed by atoms with van der Waals surface area (Å²) in [6, 6.07) is 11.2. The molecule has 0 saturated heterocycles. The first-order chi connectivity index (χ1) is 11.6. The molecule has 0 radical (unpaired) electrons. The van der Waals surface area contributed by atoms with Crippen molar-refractivity contribution in [1.82, 2.24) is 19.7 Å². The highest BCUT2D eigenvalue weighted by atomic mass is 32.1. The SMILES string of the molecule is Cn1c(-c2cncc(NC(=O)OCc3ccccc3)c2)n[nH]c1=S. The maximum atomic E-state index is 11.9. The van der Waals surface area contributed by atoms with Gasteiger partial charge in [0.05, 0.1) is 11.9 Å². The van der Waals surface area contributed by atoms with Gasteiger partial charge in [-0.05, 0) is 23.8 Å². The number of pyridine rings is 1. The van der Waals surface area contributed by atoms with E-state index < -0.39 is 6.09 Å². The molecule has 24 heavy (non-hydrogen) atoms. The van der Waals surface area contributed by atoms with E-state index in [9.17, 15) is 4.79 Å². The normalized spacial score (nSPS) is 10.4. The summed E-state index contributed by atoms with van der Waals surface area (Å²) in [6.07, 6.45) is 2.63. The highest BCUT2D eigenvalue weighted by molar-refractivity contribution is 7.71. The van der Waals surface area contributed by atoms with Gasteiger partial charge in [0.1, 0.15) is 6.61 Å². The molecule has 0 unspecified atom stereocenters. The summed E-state index contributed by atoms with van der Waals surface area (Å²) in [4.78, 5) is 16.0. The van der Waals surface area contributed by atoms with Crippen LogP contribution in [0.15, 0.2) is 48.8 Å². The number of aromatic amines is 1. The lowest BCUT2D eigenvalue weighted by molar-refractivity contribution is 0.155. The van der Waals surface area contributed by atoms with Crippen LogP contribution in [-0.2, 0) is 18.4 Å². The van der Waals surface area contributed by atoms with Crippen molar-refractivity contribution in [2.45, 2.75) is 6.61 Å². The lowest BCUT2D eigenvalue weighted by Crippen LogP contribution is -2.13. The van der Waals surface area contributed by atoms with Crippen LogP contribution < -0.4 is 5.32 Å². The van der Waals surface area contributed by atoms with Crippen molar-refractivity contribution in [2.75, 3.05) is 5.32 Å². The first kappa shape index (κ1) is 15.9. The van der Waals surface area contributed by atoms with E-state index in [0.717, 1.165) is 11.1 Å². The number of anilines is 1. The number of amides is 1. The number of nitrogens with zero attached hydrogens (tertiary/aromatic N) is 3. The van der Waals surface area contributed by atoms with Gasteiger partial charge in [-0.2, -0.15) is 5.10 Å². The van der Waals surface area contributed by atoms with Gasteiger partial charge in [0.25, 0.3) is 0 Å². The van der Waals surface area contributed by atoms with E-state index in [1.807, 2.05) is 30.3 Å². The van der Waals surface area contributed by atoms with Gasteiger partial charge in [0.15, 0.2) is 10.6 Å². The summed E-state index contributed by atoms with van der Waals surface area (Å²) in [7, 11) is 1.80. The summed E-state index contributed by atoms with van der Waals surface area (Å²) in [5, 5.41) is 9.51. The number of H-pyrrole nitrogens is 1. The van der Waals surface area contributed by atoms with Crippen LogP contribution in [-0.4, -0.2) is 25.8 Å². The largest absolute Gasteiger partial charge is 0.444 e. The smallest absolute Gasteiger partial charge is 0.412 e. The number of nitrogens with one attached hydrogen (secondary N) is 2. The highest BCUT2D eigenvalue weighted by Gasteiger charge is 2.09. The van der Waals surface area contributed by atoms with Crippen LogP contribution in [0.2, 0.25) is 0 Å². The molecule has 0 aliphatic heterocycles. The van der Waals surface area contributed by atoms with Crippen molar-refractivity contribution in [2.24, 2.45) is 7.05 Å². The second-order valence-corrected chi connectivity index (χ2v) is 5.45. The molecule has 3 rings (SSSR count). The predicted molar refractivity (Wildman–Crippen MR) is 91.9 cm³/mol. The summed E-state index contributed by atoms with van der Waals surface area (Å²) in [6.45, 7) is 0.202. The second-order valence-electron chi connectivity index (χ2n) is 5.06. The van der Waals surface area contributed by atoms with Gasteiger partial charge in [-0.1, -0.05) is 30.3 Å². The van der Waals surface area contributed by atoms with Crippen molar-refractivity contribution in [3.63, 3.8) is 0 Å². The van der Waals surface area contributed by atoms with E-state index in [-0.39, 0.29) is 6.61 Å². The summed E-state index contributed by atoms with van der Waals surface area (Å²) in [5.41, 5.74) is 2.16. The lowest BCUT2D eigenvalue weighted by atomic mass is 10.2. The zero-order valence-electron chi connectivity index (χ0n) is 12.9. The first-order valence-corrected chi connectivity index (χ1v) is 7.59. The lowest BCUT2D eigenvalue weighted by Gasteiger charge is -2.08. The number of aromatic nitrogens is 4. The molecular weight excluding hydrogens is 326 g/mol. The van der Waals surface area contributed by atoms with Crippen LogP contribution in [0.5, 0.6) is 0 Å². The number of benzene rings is 1. The molecule has 2 aromatic heterocycles. The number of hydrogen-bond donors (Lipinski definition) is 2. The predicted octanol–water partition coefficient (Wildman–Crippen LogP) is 3.29. The number of carbonyl (C=O) groups is 1. The Morgan fingerprint density at radius 1 is 1.33 bits per heavy atom. The topological polar surface area (TPSA) is 84.8 Å². The minimum atomic E-state index is -0.548. The zero-order valence-corrected chi connectivity index (χ0v) is 13.7. The number of ether oxygens (including phenoxy) is 1. The van der Waals surface area contributed by atoms with Crippen LogP contribution >= 0.6 is 12.2 Å². The third kappa shape index (κ3) is 3.66. The fourth-order valence-electron chi connectivity index (χ4n) is 2.11. The van der Waals surface area contributed by atoms with E-state index in [4.69, 9.17) is 17.0 Å². The van der Waals surface area contributed by atoms with Gasteiger partial charge in [-0.25, -0.2) is 4.79 Å². The van der Waals surface area contributed by atoms with Crippen LogP contribution in [0, 0.1) is 4.77 Å². The fourth-order valence-corrected chi connectivity index (χ4v) is 2.24. The third-order valence-corrected chi connectivity index (χ3v) is 3.70. The Kier molecular flexibility index (Phi) is 4.66. The number of rotatable bonds is 4. The van der Waals surface area contributed by atoms with Crippen LogP contribution in [0.1, 0.15) is 5.56 Å². The molecular formula is C16H15N5O2S. The second kappa shape index (κ2) is 7.05. The van der Waals surface area contributed by atoms with Crippen molar-refractivity contribution >= 4 is 24.0 Å². The molecule has 0 spiro atoms. The van der Waals surface area contributed by atoms with Crippen molar-refractivity contribution in [3.8, 4) is 11.4 Å². The summed E-state index contributed by atoms with van der Waals surface area (Å²) >= 11 is 5.09. The van der Waals surface area contributed by atoms with Gasteiger partial charge in [-0.3, -0.25) is 15.4 Å². The molecule has 0 saturated carbocycles. The molecule has 8 heteroatoms. The van der Waals surface area contributed by atoms with E-state index in [0.29, 0.717) is 16.3 Å². The summed E-state index contributed by atoms with van der Waals surface area (Å²) < 4.78 is 7.42. The molecule has 2 N–H and O–H groups in total. The Labute approximate surface area is 143 Å². The molecule has 0 bridgehead atoms. The Morgan fingerprint density at radius 2 is 2.12 bits per heavy atom. The third-order valence-electron chi connectivity index (χ3n) is 3.34.